The van der Waals surface area contributed by atoms with Crippen molar-refractivity contribution in [3.8, 4) is 0 Å². The Kier molecular flexibility index (Phi) is 2.07. The second-order valence-electron chi connectivity index (χ2n) is 4.80. The van der Waals surface area contributed by atoms with Gasteiger partial charge in [0.15, 0.2) is 0 Å². The van der Waals surface area contributed by atoms with Gasteiger partial charge in [-0.3, -0.25) is 4.90 Å². The summed E-state index contributed by atoms with van der Waals surface area (Å²) in [6.45, 7) is 2.95. The molecular weight excluding hydrogens is 190 g/mol. The lowest BCUT2D eigenvalue weighted by Crippen LogP contribution is -2.29. The number of aryl methyl sites for hydroxylation is 1. The van der Waals surface area contributed by atoms with Crippen molar-refractivity contribution in [2.24, 2.45) is 5.73 Å². The predicted octanol–water partition coefficient (Wildman–Crippen LogP) is 1.22. The van der Waals surface area contributed by atoms with Crippen molar-refractivity contribution in [2.75, 3.05) is 6.54 Å². The Morgan fingerprint density at radius 2 is 2.33 bits per heavy atom. The second-order valence-corrected chi connectivity index (χ2v) is 4.80. The van der Waals surface area contributed by atoms with Gasteiger partial charge >= 0.3 is 0 Å². The summed E-state index contributed by atoms with van der Waals surface area (Å²) in [5.41, 5.74) is 7.09. The third-order valence-corrected chi connectivity index (χ3v) is 3.38. The maximum absolute atomic E-state index is 6.03. The summed E-state index contributed by atoms with van der Waals surface area (Å²) in [6.07, 6.45) is 3.66. The number of aromatic nitrogens is 1. The zero-order valence-corrected chi connectivity index (χ0v) is 9.02. The van der Waals surface area contributed by atoms with E-state index in [0.717, 1.165) is 30.5 Å². The van der Waals surface area contributed by atoms with Crippen LogP contribution in [0.15, 0.2) is 10.6 Å². The standard InChI is InChI=1S/C11H17N3O/c1-7-4-10(13-15-7)11-5-8(12)6-14(11)9-2-3-9/h4,8-9,11H,2-3,5-6,12H2,1H3. The Hall–Kier alpha value is -0.870. The van der Waals surface area contributed by atoms with Crippen molar-refractivity contribution in [1.82, 2.24) is 10.1 Å². The molecule has 0 bridgehead atoms. The molecule has 2 N–H and O–H groups in total. The fourth-order valence-electron chi connectivity index (χ4n) is 2.54. The molecule has 1 aromatic rings. The number of hydrogen-bond acceptors (Lipinski definition) is 4. The molecule has 2 unspecified atom stereocenters. The average molecular weight is 207 g/mol. The fourth-order valence-corrected chi connectivity index (χ4v) is 2.54. The maximum atomic E-state index is 6.03. The van der Waals surface area contributed by atoms with Crippen LogP contribution in [0.25, 0.3) is 0 Å². The smallest absolute Gasteiger partial charge is 0.133 e. The molecular formula is C11H17N3O. The Morgan fingerprint density at radius 1 is 1.53 bits per heavy atom. The van der Waals surface area contributed by atoms with Gasteiger partial charge in [0.05, 0.1) is 6.04 Å². The molecule has 4 heteroatoms. The molecule has 0 amide bonds. The Balaban J connectivity index is 1.83. The maximum Gasteiger partial charge on any atom is 0.133 e. The number of rotatable bonds is 2. The molecule has 1 saturated heterocycles. The van der Waals surface area contributed by atoms with Crippen LogP contribution in [0.2, 0.25) is 0 Å². The van der Waals surface area contributed by atoms with E-state index in [0.29, 0.717) is 12.1 Å². The van der Waals surface area contributed by atoms with E-state index in [4.69, 9.17) is 10.3 Å². The van der Waals surface area contributed by atoms with E-state index in [-0.39, 0.29) is 0 Å². The van der Waals surface area contributed by atoms with Gasteiger partial charge in [0.25, 0.3) is 0 Å². The lowest BCUT2D eigenvalue weighted by Gasteiger charge is -2.21. The SMILES string of the molecule is Cc1cc(C2CC(N)CN2C2CC2)no1. The molecule has 3 rings (SSSR count). The van der Waals surface area contributed by atoms with E-state index in [1.54, 1.807) is 0 Å². The lowest BCUT2D eigenvalue weighted by molar-refractivity contribution is 0.234. The van der Waals surface area contributed by atoms with Crippen LogP contribution in [0.3, 0.4) is 0 Å². The molecule has 1 saturated carbocycles. The summed E-state index contributed by atoms with van der Waals surface area (Å²) in [5, 5.41) is 4.12. The Labute approximate surface area is 89.4 Å². The second kappa shape index (κ2) is 3.32. The van der Waals surface area contributed by atoms with Crippen LogP contribution in [-0.2, 0) is 0 Å². The predicted molar refractivity (Wildman–Crippen MR) is 56.3 cm³/mol. The van der Waals surface area contributed by atoms with Crippen molar-refractivity contribution in [2.45, 2.75) is 44.3 Å². The molecule has 82 valence electrons. The summed E-state index contributed by atoms with van der Waals surface area (Å²) in [6, 6.07) is 3.48. The molecule has 1 aliphatic heterocycles. The normalized spacial score (nSPS) is 32.4. The largest absolute Gasteiger partial charge is 0.361 e. The van der Waals surface area contributed by atoms with Gasteiger partial charge in [-0.05, 0) is 26.2 Å². The van der Waals surface area contributed by atoms with Crippen molar-refractivity contribution in [3.05, 3.63) is 17.5 Å². The highest BCUT2D eigenvalue weighted by atomic mass is 16.5. The highest BCUT2D eigenvalue weighted by Gasteiger charge is 2.41. The quantitative estimate of drug-likeness (QED) is 0.792. The molecule has 0 radical (unpaired) electrons. The molecule has 1 aliphatic carbocycles. The van der Waals surface area contributed by atoms with Crippen LogP contribution < -0.4 is 5.73 Å². The van der Waals surface area contributed by atoms with E-state index in [2.05, 4.69) is 10.1 Å². The summed E-state index contributed by atoms with van der Waals surface area (Å²) in [5.74, 6) is 0.890. The molecule has 0 spiro atoms. The van der Waals surface area contributed by atoms with Crippen LogP contribution in [0, 0.1) is 6.92 Å². The van der Waals surface area contributed by atoms with Crippen molar-refractivity contribution >= 4 is 0 Å². The van der Waals surface area contributed by atoms with Crippen molar-refractivity contribution in [1.29, 1.82) is 0 Å². The third-order valence-electron chi connectivity index (χ3n) is 3.38. The van der Waals surface area contributed by atoms with Gasteiger partial charge < -0.3 is 10.3 Å². The first kappa shape index (κ1) is 9.36. The zero-order chi connectivity index (χ0) is 10.4. The summed E-state index contributed by atoms with van der Waals surface area (Å²) >= 11 is 0. The van der Waals surface area contributed by atoms with E-state index in [9.17, 15) is 0 Å². The van der Waals surface area contributed by atoms with Crippen molar-refractivity contribution < 1.29 is 4.52 Å². The summed E-state index contributed by atoms with van der Waals surface area (Å²) in [4.78, 5) is 2.50. The topological polar surface area (TPSA) is 55.3 Å². The number of nitrogens with zero attached hydrogens (tertiary/aromatic N) is 2. The highest BCUT2D eigenvalue weighted by Crippen LogP contribution is 2.40. The van der Waals surface area contributed by atoms with Gasteiger partial charge in [-0.25, -0.2) is 0 Å². The average Bonchev–Trinajstić information content (AvgIpc) is 2.85. The minimum atomic E-state index is 0.299. The first-order valence-electron chi connectivity index (χ1n) is 5.68. The summed E-state index contributed by atoms with van der Waals surface area (Å²) in [7, 11) is 0. The minimum absolute atomic E-state index is 0.299. The van der Waals surface area contributed by atoms with Gasteiger partial charge in [-0.15, -0.1) is 0 Å². The van der Waals surface area contributed by atoms with Crippen LogP contribution in [-0.4, -0.2) is 28.7 Å². The van der Waals surface area contributed by atoms with Gasteiger partial charge in [0, 0.05) is 24.7 Å². The number of nitrogens with two attached hydrogens (primary N) is 1. The number of likely N-dealkylation sites (tertiary alicyclic amines) is 1. The van der Waals surface area contributed by atoms with E-state index in [1.807, 2.05) is 13.0 Å². The van der Waals surface area contributed by atoms with E-state index < -0.39 is 0 Å². The molecule has 2 fully saturated rings. The van der Waals surface area contributed by atoms with Crippen LogP contribution in [0.1, 0.15) is 36.8 Å². The molecule has 2 aliphatic rings. The molecule has 15 heavy (non-hydrogen) atoms. The minimum Gasteiger partial charge on any atom is -0.361 e. The first-order chi connectivity index (χ1) is 7.24. The lowest BCUT2D eigenvalue weighted by atomic mass is 10.1. The van der Waals surface area contributed by atoms with Gasteiger partial charge in [-0.2, -0.15) is 0 Å². The fraction of sp³-hybridized carbons (Fsp3) is 0.727. The summed E-state index contributed by atoms with van der Waals surface area (Å²) < 4.78 is 5.14. The highest BCUT2D eigenvalue weighted by molar-refractivity contribution is 5.13. The third kappa shape index (κ3) is 1.68. The van der Waals surface area contributed by atoms with Crippen molar-refractivity contribution in [3.63, 3.8) is 0 Å². The molecule has 1 aromatic heterocycles. The Morgan fingerprint density at radius 3 is 2.93 bits per heavy atom. The Bertz CT molecular complexity index is 358. The van der Waals surface area contributed by atoms with Gasteiger partial charge in [0.1, 0.15) is 11.5 Å². The monoisotopic (exact) mass is 207 g/mol. The number of hydrogen-bond donors (Lipinski definition) is 1. The first-order valence-corrected chi connectivity index (χ1v) is 5.68. The van der Waals surface area contributed by atoms with Crippen LogP contribution in [0.5, 0.6) is 0 Å². The molecule has 0 aromatic carbocycles. The zero-order valence-electron chi connectivity index (χ0n) is 9.02. The van der Waals surface area contributed by atoms with E-state index >= 15 is 0 Å². The molecule has 2 atom stereocenters. The molecule has 2 heterocycles. The van der Waals surface area contributed by atoms with Crippen LogP contribution in [0.4, 0.5) is 0 Å². The van der Waals surface area contributed by atoms with E-state index in [1.165, 1.54) is 12.8 Å². The molecule has 4 nitrogen and oxygen atoms in total. The van der Waals surface area contributed by atoms with Gasteiger partial charge in [-0.1, -0.05) is 5.16 Å². The van der Waals surface area contributed by atoms with Crippen LogP contribution >= 0.6 is 0 Å². The van der Waals surface area contributed by atoms with Gasteiger partial charge in [0.2, 0.25) is 0 Å².